The van der Waals surface area contributed by atoms with Crippen molar-refractivity contribution < 1.29 is 14.7 Å². The number of nitrogens with zero attached hydrogens (tertiary/aromatic N) is 1. The number of carbonyl (C=O) groups excluding carboxylic acids is 1. The second-order valence-corrected chi connectivity index (χ2v) is 5.48. The van der Waals surface area contributed by atoms with Gasteiger partial charge < -0.3 is 15.0 Å². The van der Waals surface area contributed by atoms with Gasteiger partial charge >= 0.3 is 5.97 Å². The molecule has 3 heterocycles. The summed E-state index contributed by atoms with van der Waals surface area (Å²) in [6, 6.07) is 7.84. The van der Waals surface area contributed by atoms with Gasteiger partial charge in [0.15, 0.2) is 5.54 Å². The first-order valence-electron chi connectivity index (χ1n) is 6.78. The van der Waals surface area contributed by atoms with Gasteiger partial charge in [-0.1, -0.05) is 18.2 Å². The maximum Gasteiger partial charge on any atom is 0.335 e. The second kappa shape index (κ2) is 3.62. The van der Waals surface area contributed by atoms with Crippen LogP contribution >= 0.6 is 0 Å². The Bertz CT molecular complexity index is 749. The van der Waals surface area contributed by atoms with Gasteiger partial charge in [0.05, 0.1) is 5.69 Å². The van der Waals surface area contributed by atoms with Crippen molar-refractivity contribution in [2.45, 2.75) is 24.8 Å². The molecule has 0 bridgehead atoms. The van der Waals surface area contributed by atoms with Crippen molar-refractivity contribution in [1.29, 1.82) is 0 Å². The molecule has 102 valence electrons. The molecule has 2 N–H and O–H groups in total. The fourth-order valence-electron chi connectivity index (χ4n) is 3.71. The topological polar surface area (TPSA) is 73.4 Å². The summed E-state index contributed by atoms with van der Waals surface area (Å²) in [5.74, 6) is -0.993. The molecule has 2 aromatic rings. The van der Waals surface area contributed by atoms with Crippen LogP contribution in [0.25, 0.3) is 10.9 Å². The number of H-pyrrole nitrogens is 1. The molecule has 2 aliphatic rings. The van der Waals surface area contributed by atoms with E-state index in [4.69, 9.17) is 0 Å². The van der Waals surface area contributed by atoms with E-state index in [1.807, 2.05) is 24.3 Å². The summed E-state index contributed by atoms with van der Waals surface area (Å²) in [7, 11) is 0. The molecule has 1 atom stereocenters. The number of carboxylic acids is 1. The maximum absolute atomic E-state index is 12.0. The van der Waals surface area contributed by atoms with Gasteiger partial charge in [0.25, 0.3) is 0 Å². The van der Waals surface area contributed by atoms with Crippen LogP contribution in [0.1, 0.15) is 24.1 Å². The molecule has 4 rings (SSSR count). The fourth-order valence-corrected chi connectivity index (χ4v) is 3.71. The maximum atomic E-state index is 12.0. The van der Waals surface area contributed by atoms with Crippen LogP contribution in [0.3, 0.4) is 0 Å². The predicted octanol–water partition coefficient (Wildman–Crippen LogP) is 1.63. The zero-order chi connectivity index (χ0) is 13.9. The van der Waals surface area contributed by atoms with E-state index in [2.05, 4.69) is 4.98 Å². The minimum atomic E-state index is -1.19. The summed E-state index contributed by atoms with van der Waals surface area (Å²) in [6.45, 7) is 0.486. The summed E-state index contributed by atoms with van der Waals surface area (Å²) in [5, 5.41) is 10.8. The second-order valence-electron chi connectivity index (χ2n) is 5.48. The molecule has 0 saturated carbocycles. The third kappa shape index (κ3) is 1.18. The lowest BCUT2D eigenvalue weighted by molar-refractivity contribution is -0.156. The first kappa shape index (κ1) is 11.5. The van der Waals surface area contributed by atoms with E-state index in [0.29, 0.717) is 31.5 Å². The third-order valence-corrected chi connectivity index (χ3v) is 4.63. The van der Waals surface area contributed by atoms with Crippen molar-refractivity contribution >= 4 is 22.8 Å². The standard InChI is InChI=1S/C15H14N2O3/c18-12-5-7-15(14(19)20)13-10(6-8-17(12)15)9-3-1-2-4-11(9)16-13/h1-4,16H,5-8H2,(H,19,20)/t15-/m1/s1. The number of rotatable bonds is 1. The Kier molecular flexibility index (Phi) is 2.09. The molecule has 5 nitrogen and oxygen atoms in total. The van der Waals surface area contributed by atoms with Crippen LogP contribution in [-0.2, 0) is 21.5 Å². The van der Waals surface area contributed by atoms with Gasteiger partial charge in [-0.15, -0.1) is 0 Å². The number of hydrogen-bond acceptors (Lipinski definition) is 2. The average Bonchev–Trinajstić information content (AvgIpc) is 2.98. The van der Waals surface area contributed by atoms with Crippen molar-refractivity contribution in [1.82, 2.24) is 9.88 Å². The summed E-state index contributed by atoms with van der Waals surface area (Å²) < 4.78 is 0. The molecule has 0 aliphatic carbocycles. The summed E-state index contributed by atoms with van der Waals surface area (Å²) >= 11 is 0. The SMILES string of the molecule is O=C1CC[C@]2(C(=O)O)c3[nH]c4ccccc4c3CCN12. The number of aromatic amines is 1. The molecule has 20 heavy (non-hydrogen) atoms. The average molecular weight is 270 g/mol. The monoisotopic (exact) mass is 270 g/mol. The number of carboxylic acid groups (broad SMARTS) is 1. The quantitative estimate of drug-likeness (QED) is 0.827. The number of benzene rings is 1. The van der Waals surface area contributed by atoms with Crippen molar-refractivity contribution in [2.75, 3.05) is 6.54 Å². The number of amides is 1. The van der Waals surface area contributed by atoms with Gasteiger partial charge in [-0.05, 0) is 24.5 Å². The molecular weight excluding hydrogens is 256 g/mol. The first-order chi connectivity index (χ1) is 9.64. The summed E-state index contributed by atoms with van der Waals surface area (Å²) in [5.41, 5.74) is 1.50. The molecule has 0 unspecified atom stereocenters. The number of fused-ring (bicyclic) bond motifs is 5. The predicted molar refractivity (Wildman–Crippen MR) is 72.3 cm³/mol. The van der Waals surface area contributed by atoms with Gasteiger partial charge in [0.1, 0.15) is 0 Å². The van der Waals surface area contributed by atoms with Crippen molar-refractivity contribution in [3.05, 3.63) is 35.5 Å². The minimum absolute atomic E-state index is 0.0586. The van der Waals surface area contributed by atoms with Crippen LogP contribution in [0.4, 0.5) is 0 Å². The van der Waals surface area contributed by atoms with E-state index in [1.165, 1.54) is 4.90 Å². The summed E-state index contributed by atoms with van der Waals surface area (Å²) in [4.78, 5) is 28.7. The van der Waals surface area contributed by atoms with Crippen molar-refractivity contribution in [2.24, 2.45) is 0 Å². The van der Waals surface area contributed by atoms with E-state index in [-0.39, 0.29) is 5.91 Å². The third-order valence-electron chi connectivity index (χ3n) is 4.63. The van der Waals surface area contributed by atoms with E-state index in [9.17, 15) is 14.7 Å². The van der Waals surface area contributed by atoms with E-state index < -0.39 is 11.5 Å². The Labute approximate surface area is 115 Å². The first-order valence-corrected chi connectivity index (χ1v) is 6.78. The molecule has 0 spiro atoms. The lowest BCUT2D eigenvalue weighted by Gasteiger charge is -2.38. The lowest BCUT2D eigenvalue weighted by atomic mass is 9.85. The lowest BCUT2D eigenvalue weighted by Crippen LogP contribution is -2.53. The molecule has 1 saturated heterocycles. The fraction of sp³-hybridized carbons (Fsp3) is 0.333. The molecule has 1 fully saturated rings. The zero-order valence-electron chi connectivity index (χ0n) is 10.8. The van der Waals surface area contributed by atoms with E-state index in [1.54, 1.807) is 0 Å². The number of nitrogens with one attached hydrogen (secondary N) is 1. The van der Waals surface area contributed by atoms with Gasteiger partial charge in [-0.3, -0.25) is 4.79 Å². The van der Waals surface area contributed by atoms with E-state index in [0.717, 1.165) is 16.5 Å². The molecule has 1 amide bonds. The van der Waals surface area contributed by atoms with Crippen molar-refractivity contribution in [3.63, 3.8) is 0 Å². The molecule has 2 aliphatic heterocycles. The zero-order valence-corrected chi connectivity index (χ0v) is 10.8. The van der Waals surface area contributed by atoms with Crippen LogP contribution in [0, 0.1) is 0 Å². The normalized spacial score (nSPS) is 24.8. The van der Waals surface area contributed by atoms with Crippen LogP contribution in [-0.4, -0.2) is 33.4 Å². The highest BCUT2D eigenvalue weighted by molar-refractivity contribution is 5.95. The van der Waals surface area contributed by atoms with Crippen LogP contribution in [0.15, 0.2) is 24.3 Å². The highest BCUT2D eigenvalue weighted by Crippen LogP contribution is 2.45. The van der Waals surface area contributed by atoms with Crippen LogP contribution in [0.5, 0.6) is 0 Å². The molecule has 1 aromatic heterocycles. The number of aromatic nitrogens is 1. The van der Waals surface area contributed by atoms with Gasteiger partial charge in [0.2, 0.25) is 5.91 Å². The number of para-hydroxylation sites is 1. The molecule has 1 aromatic carbocycles. The number of aliphatic carboxylic acids is 1. The Hall–Kier alpha value is -2.30. The highest BCUT2D eigenvalue weighted by Gasteiger charge is 2.56. The molecule has 5 heteroatoms. The minimum Gasteiger partial charge on any atom is -0.479 e. The van der Waals surface area contributed by atoms with Gasteiger partial charge in [-0.2, -0.15) is 0 Å². The van der Waals surface area contributed by atoms with Gasteiger partial charge in [0, 0.05) is 23.9 Å². The summed E-state index contributed by atoms with van der Waals surface area (Å²) in [6.07, 6.45) is 1.36. The Morgan fingerprint density at radius 2 is 2.10 bits per heavy atom. The van der Waals surface area contributed by atoms with Crippen molar-refractivity contribution in [3.8, 4) is 0 Å². The van der Waals surface area contributed by atoms with Gasteiger partial charge in [-0.25, -0.2) is 4.79 Å². The molecular formula is C15H14N2O3. The Balaban J connectivity index is 2.04. The van der Waals surface area contributed by atoms with E-state index >= 15 is 0 Å². The number of hydrogen-bond donors (Lipinski definition) is 2. The Morgan fingerprint density at radius 3 is 2.90 bits per heavy atom. The Morgan fingerprint density at radius 1 is 1.30 bits per heavy atom. The van der Waals surface area contributed by atoms with Crippen LogP contribution < -0.4 is 0 Å². The largest absolute Gasteiger partial charge is 0.479 e. The van der Waals surface area contributed by atoms with Crippen LogP contribution in [0.2, 0.25) is 0 Å². The highest BCUT2D eigenvalue weighted by atomic mass is 16.4. The smallest absolute Gasteiger partial charge is 0.335 e. The number of carbonyl (C=O) groups is 2. The molecule has 0 radical (unpaired) electrons.